The second-order valence-electron chi connectivity index (χ2n) is 6.33. The van der Waals surface area contributed by atoms with Crippen LogP contribution in [0.5, 0.6) is 0 Å². The second kappa shape index (κ2) is 8.96. The Morgan fingerprint density at radius 2 is 1.72 bits per heavy atom. The maximum absolute atomic E-state index is 3.59. The van der Waals surface area contributed by atoms with Gasteiger partial charge in [-0.2, -0.15) is 0 Å². The first-order chi connectivity index (χ1) is 8.74. The van der Waals surface area contributed by atoms with Gasteiger partial charge in [0, 0.05) is 0 Å². The van der Waals surface area contributed by atoms with Gasteiger partial charge in [-0.1, -0.05) is 53.4 Å². The van der Waals surface area contributed by atoms with Crippen LogP contribution in [0.15, 0.2) is 0 Å². The first-order valence-corrected chi connectivity index (χ1v) is 8.45. The molecule has 3 unspecified atom stereocenters. The van der Waals surface area contributed by atoms with Gasteiger partial charge in [-0.15, -0.1) is 0 Å². The monoisotopic (exact) mass is 253 g/mol. The lowest BCUT2D eigenvalue weighted by Crippen LogP contribution is -2.34. The Hall–Kier alpha value is -0.0400. The summed E-state index contributed by atoms with van der Waals surface area (Å²) in [6, 6.07) is 0. The molecule has 1 heteroatoms. The van der Waals surface area contributed by atoms with Crippen LogP contribution >= 0.6 is 0 Å². The van der Waals surface area contributed by atoms with Crippen molar-refractivity contribution in [3.8, 4) is 0 Å². The van der Waals surface area contributed by atoms with Gasteiger partial charge in [-0.3, -0.25) is 0 Å². The standard InChI is InChI=1S/C17H35N/c1-5-14(6-2)11-17-12-15(7-3)9-10-16(17)13-18-8-4/h14-18H,5-13H2,1-4H3. The quantitative estimate of drug-likeness (QED) is 0.651. The minimum Gasteiger partial charge on any atom is -0.317 e. The number of nitrogens with one attached hydrogen (secondary N) is 1. The van der Waals surface area contributed by atoms with Crippen molar-refractivity contribution in [1.82, 2.24) is 5.32 Å². The van der Waals surface area contributed by atoms with Gasteiger partial charge in [0.1, 0.15) is 0 Å². The van der Waals surface area contributed by atoms with Crippen molar-refractivity contribution in [3.63, 3.8) is 0 Å². The smallest absolute Gasteiger partial charge is 0.00180 e. The van der Waals surface area contributed by atoms with Crippen molar-refractivity contribution in [2.45, 2.75) is 72.6 Å². The van der Waals surface area contributed by atoms with E-state index < -0.39 is 0 Å². The van der Waals surface area contributed by atoms with Gasteiger partial charge in [0.15, 0.2) is 0 Å². The Labute approximate surface area is 115 Å². The van der Waals surface area contributed by atoms with E-state index in [1.165, 1.54) is 51.5 Å². The van der Waals surface area contributed by atoms with Gasteiger partial charge in [0.2, 0.25) is 0 Å². The van der Waals surface area contributed by atoms with E-state index in [4.69, 9.17) is 0 Å². The molecule has 0 aromatic heterocycles. The summed E-state index contributed by atoms with van der Waals surface area (Å²) in [7, 11) is 0. The lowest BCUT2D eigenvalue weighted by molar-refractivity contribution is 0.142. The highest BCUT2D eigenvalue weighted by Gasteiger charge is 2.30. The predicted molar refractivity (Wildman–Crippen MR) is 81.8 cm³/mol. The third-order valence-corrected chi connectivity index (χ3v) is 5.27. The molecule has 0 aliphatic heterocycles. The van der Waals surface area contributed by atoms with Crippen LogP contribution in [0.25, 0.3) is 0 Å². The molecule has 1 aliphatic carbocycles. The van der Waals surface area contributed by atoms with E-state index in [1.54, 1.807) is 0 Å². The van der Waals surface area contributed by atoms with Crippen molar-refractivity contribution in [3.05, 3.63) is 0 Å². The number of hydrogen-bond acceptors (Lipinski definition) is 1. The lowest BCUT2D eigenvalue weighted by Gasteiger charge is -2.38. The largest absolute Gasteiger partial charge is 0.317 e. The number of hydrogen-bond donors (Lipinski definition) is 1. The Balaban J connectivity index is 2.52. The third kappa shape index (κ3) is 4.91. The summed E-state index contributed by atoms with van der Waals surface area (Å²) in [6.45, 7) is 11.7. The molecule has 1 N–H and O–H groups in total. The van der Waals surface area contributed by atoms with Crippen LogP contribution in [0, 0.1) is 23.7 Å². The molecule has 0 heterocycles. The SMILES string of the molecule is CCNCC1CCC(CC)CC1CC(CC)CC. The molecule has 18 heavy (non-hydrogen) atoms. The molecule has 108 valence electrons. The fourth-order valence-corrected chi connectivity index (χ4v) is 3.73. The van der Waals surface area contributed by atoms with Crippen LogP contribution in [-0.4, -0.2) is 13.1 Å². The maximum Gasteiger partial charge on any atom is -0.00180 e. The molecule has 0 saturated heterocycles. The third-order valence-electron chi connectivity index (χ3n) is 5.27. The molecule has 1 saturated carbocycles. The van der Waals surface area contributed by atoms with Gasteiger partial charge in [-0.25, -0.2) is 0 Å². The van der Waals surface area contributed by atoms with Crippen molar-refractivity contribution in [2.24, 2.45) is 23.7 Å². The zero-order valence-corrected chi connectivity index (χ0v) is 13.2. The molecule has 1 rings (SSSR count). The van der Waals surface area contributed by atoms with Crippen molar-refractivity contribution in [2.75, 3.05) is 13.1 Å². The first kappa shape index (κ1) is 16.0. The van der Waals surface area contributed by atoms with Gasteiger partial charge in [0.05, 0.1) is 0 Å². The normalized spacial score (nSPS) is 28.8. The zero-order chi connectivity index (χ0) is 13.4. The van der Waals surface area contributed by atoms with E-state index in [1.807, 2.05) is 0 Å². The second-order valence-corrected chi connectivity index (χ2v) is 6.33. The molecule has 1 aliphatic rings. The fraction of sp³-hybridized carbons (Fsp3) is 1.00. The Bertz CT molecular complexity index is 198. The molecule has 3 atom stereocenters. The zero-order valence-electron chi connectivity index (χ0n) is 13.2. The molecule has 0 bridgehead atoms. The van der Waals surface area contributed by atoms with E-state index in [9.17, 15) is 0 Å². The Morgan fingerprint density at radius 1 is 1.00 bits per heavy atom. The summed E-state index contributed by atoms with van der Waals surface area (Å²) < 4.78 is 0. The fourth-order valence-electron chi connectivity index (χ4n) is 3.73. The Kier molecular flexibility index (Phi) is 7.97. The van der Waals surface area contributed by atoms with Crippen LogP contribution in [0.4, 0.5) is 0 Å². The molecule has 0 amide bonds. The molecule has 0 spiro atoms. The number of rotatable bonds is 8. The predicted octanol–water partition coefficient (Wildman–Crippen LogP) is 4.86. The van der Waals surface area contributed by atoms with E-state index in [-0.39, 0.29) is 0 Å². The average Bonchev–Trinajstić information content (AvgIpc) is 2.42. The average molecular weight is 253 g/mol. The van der Waals surface area contributed by atoms with Crippen molar-refractivity contribution >= 4 is 0 Å². The van der Waals surface area contributed by atoms with E-state index in [0.717, 1.165) is 30.2 Å². The van der Waals surface area contributed by atoms with Crippen LogP contribution < -0.4 is 5.32 Å². The summed E-state index contributed by atoms with van der Waals surface area (Å²) >= 11 is 0. The van der Waals surface area contributed by atoms with Crippen LogP contribution in [0.1, 0.15) is 72.6 Å². The summed E-state index contributed by atoms with van der Waals surface area (Å²) in [5, 5.41) is 3.59. The lowest BCUT2D eigenvalue weighted by atomic mass is 9.69. The Morgan fingerprint density at radius 3 is 2.28 bits per heavy atom. The molecule has 0 aromatic carbocycles. The van der Waals surface area contributed by atoms with Gasteiger partial charge in [-0.05, 0) is 56.0 Å². The highest BCUT2D eigenvalue weighted by Crippen LogP contribution is 2.39. The highest BCUT2D eigenvalue weighted by atomic mass is 14.8. The van der Waals surface area contributed by atoms with Crippen molar-refractivity contribution in [1.29, 1.82) is 0 Å². The summed E-state index contributed by atoms with van der Waals surface area (Å²) in [5.74, 6) is 3.93. The highest BCUT2D eigenvalue weighted by molar-refractivity contribution is 4.82. The molecule has 0 aromatic rings. The minimum atomic E-state index is 0.952. The van der Waals surface area contributed by atoms with E-state index in [0.29, 0.717) is 0 Å². The van der Waals surface area contributed by atoms with Crippen LogP contribution in [-0.2, 0) is 0 Å². The topological polar surface area (TPSA) is 12.0 Å². The van der Waals surface area contributed by atoms with Gasteiger partial charge >= 0.3 is 0 Å². The van der Waals surface area contributed by atoms with E-state index >= 15 is 0 Å². The minimum absolute atomic E-state index is 0.952. The molecule has 1 fully saturated rings. The molecular formula is C17H35N. The molecule has 0 radical (unpaired) electrons. The summed E-state index contributed by atoms with van der Waals surface area (Å²) in [6.07, 6.45) is 10.1. The molecule has 1 nitrogen and oxygen atoms in total. The van der Waals surface area contributed by atoms with Crippen molar-refractivity contribution < 1.29 is 0 Å². The summed E-state index contributed by atoms with van der Waals surface area (Å²) in [4.78, 5) is 0. The van der Waals surface area contributed by atoms with Gasteiger partial charge < -0.3 is 5.32 Å². The van der Waals surface area contributed by atoms with Crippen LogP contribution in [0.3, 0.4) is 0 Å². The maximum atomic E-state index is 3.59. The molecular weight excluding hydrogens is 218 g/mol. The van der Waals surface area contributed by atoms with Crippen LogP contribution in [0.2, 0.25) is 0 Å². The summed E-state index contributed by atoms with van der Waals surface area (Å²) in [5.41, 5.74) is 0. The van der Waals surface area contributed by atoms with E-state index in [2.05, 4.69) is 33.0 Å². The van der Waals surface area contributed by atoms with Gasteiger partial charge in [0.25, 0.3) is 0 Å². The first-order valence-electron chi connectivity index (χ1n) is 8.45.